The average Bonchev–Trinajstić information content (AvgIpc) is 3.18. The second-order valence-corrected chi connectivity index (χ2v) is 6.44. The summed E-state index contributed by atoms with van der Waals surface area (Å²) in [5.74, 6) is 0.303. The minimum Gasteiger partial charge on any atom is -0.434 e. The lowest BCUT2D eigenvalue weighted by atomic mass is 10.1. The normalized spacial score (nSPS) is 11.0. The topological polar surface area (TPSA) is 68.0 Å². The molecule has 0 bridgehead atoms. The largest absolute Gasteiger partial charge is 0.434 e. The van der Waals surface area contributed by atoms with Crippen LogP contribution < -0.4 is 5.32 Å². The fourth-order valence-electron chi connectivity index (χ4n) is 3.16. The van der Waals surface area contributed by atoms with E-state index in [1.54, 1.807) is 12.3 Å². The minimum absolute atomic E-state index is 0.165. The number of anilines is 1. The zero-order valence-corrected chi connectivity index (χ0v) is 14.8. The number of hydrogen-bond acceptors (Lipinski definition) is 4. The van der Waals surface area contributed by atoms with Gasteiger partial charge in [0.2, 0.25) is 5.89 Å². The molecule has 5 heteroatoms. The Morgan fingerprint density at radius 1 is 0.857 bits per heavy atom. The van der Waals surface area contributed by atoms with Crippen LogP contribution >= 0.6 is 0 Å². The minimum atomic E-state index is -0.165. The molecule has 28 heavy (non-hydrogen) atoms. The number of rotatable bonds is 3. The number of oxazole rings is 1. The van der Waals surface area contributed by atoms with Crippen LogP contribution in [0.5, 0.6) is 0 Å². The summed E-state index contributed by atoms with van der Waals surface area (Å²) in [6, 6.07) is 24.7. The first-order chi connectivity index (χ1) is 13.8. The van der Waals surface area contributed by atoms with Gasteiger partial charge in [0, 0.05) is 23.0 Å². The van der Waals surface area contributed by atoms with Crippen molar-refractivity contribution in [3.05, 3.63) is 90.6 Å². The summed E-state index contributed by atoms with van der Waals surface area (Å²) in [4.78, 5) is 21.3. The Morgan fingerprint density at radius 2 is 1.75 bits per heavy atom. The number of benzene rings is 3. The van der Waals surface area contributed by atoms with Gasteiger partial charge in [0.1, 0.15) is 0 Å². The van der Waals surface area contributed by atoms with E-state index in [1.807, 2.05) is 72.8 Å². The number of aromatic nitrogens is 2. The third kappa shape index (κ3) is 2.99. The number of nitrogens with zero attached hydrogens (tertiary/aromatic N) is 2. The molecule has 0 aliphatic carbocycles. The summed E-state index contributed by atoms with van der Waals surface area (Å²) in [6.45, 7) is 0. The smallest absolute Gasteiger partial charge is 0.255 e. The Bertz CT molecular complexity index is 1290. The molecule has 0 spiro atoms. The van der Waals surface area contributed by atoms with Crippen molar-refractivity contribution in [1.82, 2.24) is 9.97 Å². The van der Waals surface area contributed by atoms with Crippen molar-refractivity contribution >= 4 is 33.6 Å². The molecule has 0 aliphatic rings. The van der Waals surface area contributed by atoms with E-state index >= 15 is 0 Å². The van der Waals surface area contributed by atoms with Crippen molar-refractivity contribution in [1.29, 1.82) is 0 Å². The quantitative estimate of drug-likeness (QED) is 0.471. The Hall–Kier alpha value is -3.99. The highest BCUT2D eigenvalue weighted by atomic mass is 16.3. The van der Waals surface area contributed by atoms with Gasteiger partial charge in [-0.2, -0.15) is 4.98 Å². The Kier molecular flexibility index (Phi) is 3.84. The van der Waals surface area contributed by atoms with Crippen LogP contribution in [0, 0.1) is 0 Å². The van der Waals surface area contributed by atoms with Crippen LogP contribution in [0.4, 0.5) is 5.69 Å². The Labute approximate surface area is 160 Å². The van der Waals surface area contributed by atoms with Crippen LogP contribution in [0.3, 0.4) is 0 Å². The number of carbonyl (C=O) groups excluding carboxylic acids is 1. The molecule has 5 rings (SSSR count). The number of hydrogen-bond donors (Lipinski definition) is 1. The number of fused-ring (bicyclic) bond motifs is 2. The molecule has 0 radical (unpaired) electrons. The van der Waals surface area contributed by atoms with E-state index in [4.69, 9.17) is 4.42 Å². The molecule has 0 fully saturated rings. The first-order valence-corrected chi connectivity index (χ1v) is 8.88. The van der Waals surface area contributed by atoms with E-state index < -0.39 is 0 Å². The lowest BCUT2D eigenvalue weighted by molar-refractivity contribution is 0.102. The van der Waals surface area contributed by atoms with Gasteiger partial charge >= 0.3 is 0 Å². The van der Waals surface area contributed by atoms with Crippen molar-refractivity contribution in [3.8, 4) is 11.5 Å². The first kappa shape index (κ1) is 16.2. The van der Waals surface area contributed by atoms with Gasteiger partial charge in [0.25, 0.3) is 5.91 Å². The molecule has 1 N–H and O–H groups in total. The second kappa shape index (κ2) is 6.63. The molecule has 0 atom stereocenters. The van der Waals surface area contributed by atoms with E-state index in [-0.39, 0.29) is 5.91 Å². The molecule has 2 aromatic heterocycles. The predicted molar refractivity (Wildman–Crippen MR) is 109 cm³/mol. The van der Waals surface area contributed by atoms with Crippen LogP contribution in [-0.4, -0.2) is 15.9 Å². The van der Waals surface area contributed by atoms with Crippen molar-refractivity contribution in [3.63, 3.8) is 0 Å². The third-order valence-corrected chi connectivity index (χ3v) is 4.54. The molecule has 134 valence electrons. The highest BCUT2D eigenvalue weighted by Gasteiger charge is 2.11. The van der Waals surface area contributed by atoms with E-state index in [0.29, 0.717) is 28.4 Å². The Morgan fingerprint density at radius 3 is 2.64 bits per heavy atom. The van der Waals surface area contributed by atoms with E-state index in [0.717, 1.165) is 16.3 Å². The molecular formula is C23H15N3O2. The summed E-state index contributed by atoms with van der Waals surface area (Å²) in [5.41, 5.74) is 3.24. The summed E-state index contributed by atoms with van der Waals surface area (Å²) < 4.78 is 5.76. The number of amides is 1. The summed E-state index contributed by atoms with van der Waals surface area (Å²) >= 11 is 0. The van der Waals surface area contributed by atoms with Gasteiger partial charge in [0.05, 0.1) is 0 Å². The number of pyridine rings is 1. The summed E-state index contributed by atoms with van der Waals surface area (Å²) in [5, 5.41) is 5.08. The molecule has 5 nitrogen and oxygen atoms in total. The fourth-order valence-corrected chi connectivity index (χ4v) is 3.16. The zero-order valence-electron chi connectivity index (χ0n) is 14.8. The lowest BCUT2D eigenvalue weighted by Gasteiger charge is -2.07. The fraction of sp³-hybridized carbons (Fsp3) is 0. The van der Waals surface area contributed by atoms with E-state index in [2.05, 4.69) is 15.3 Å². The van der Waals surface area contributed by atoms with Crippen molar-refractivity contribution < 1.29 is 9.21 Å². The van der Waals surface area contributed by atoms with Gasteiger partial charge in [-0.15, -0.1) is 0 Å². The molecule has 3 aromatic carbocycles. The van der Waals surface area contributed by atoms with Gasteiger partial charge in [-0.05, 0) is 53.2 Å². The van der Waals surface area contributed by atoms with Gasteiger partial charge in [0.15, 0.2) is 11.2 Å². The van der Waals surface area contributed by atoms with Gasteiger partial charge < -0.3 is 9.73 Å². The average molecular weight is 365 g/mol. The molecule has 5 aromatic rings. The molecule has 1 amide bonds. The summed E-state index contributed by atoms with van der Waals surface area (Å²) in [7, 11) is 0. The third-order valence-electron chi connectivity index (χ3n) is 4.54. The lowest BCUT2D eigenvalue weighted by Crippen LogP contribution is -2.11. The van der Waals surface area contributed by atoms with Crippen molar-refractivity contribution in [2.45, 2.75) is 0 Å². The standard InChI is InChI=1S/C23H15N3O2/c27-22(17-11-10-15-5-1-2-6-16(15)13-17)25-19-8-3-7-18(14-19)23-26-21-20(28-23)9-4-12-24-21/h1-14H,(H,25,27). The highest BCUT2D eigenvalue weighted by molar-refractivity contribution is 6.06. The SMILES string of the molecule is O=C(Nc1cccc(-c2nc3ncccc3o2)c1)c1ccc2ccccc2c1. The maximum atomic E-state index is 12.7. The maximum absolute atomic E-state index is 12.7. The first-order valence-electron chi connectivity index (χ1n) is 8.88. The van der Waals surface area contributed by atoms with E-state index in [1.165, 1.54) is 0 Å². The molecule has 0 saturated carbocycles. The van der Waals surface area contributed by atoms with Crippen LogP contribution in [0.1, 0.15) is 10.4 Å². The maximum Gasteiger partial charge on any atom is 0.255 e. The zero-order chi connectivity index (χ0) is 18.9. The molecule has 0 unspecified atom stereocenters. The molecule has 0 saturated heterocycles. The van der Waals surface area contributed by atoms with Crippen LogP contribution in [0.25, 0.3) is 33.5 Å². The van der Waals surface area contributed by atoms with Crippen LogP contribution in [0.15, 0.2) is 89.5 Å². The van der Waals surface area contributed by atoms with Crippen molar-refractivity contribution in [2.75, 3.05) is 5.32 Å². The van der Waals surface area contributed by atoms with Gasteiger partial charge in [-0.1, -0.05) is 36.4 Å². The van der Waals surface area contributed by atoms with Crippen LogP contribution in [0.2, 0.25) is 0 Å². The molecule has 0 aliphatic heterocycles. The highest BCUT2D eigenvalue weighted by Crippen LogP contribution is 2.25. The number of carbonyl (C=O) groups is 1. The van der Waals surface area contributed by atoms with Gasteiger partial charge in [-0.3, -0.25) is 4.79 Å². The monoisotopic (exact) mass is 365 g/mol. The number of nitrogens with one attached hydrogen (secondary N) is 1. The van der Waals surface area contributed by atoms with E-state index in [9.17, 15) is 4.79 Å². The Balaban J connectivity index is 1.43. The summed E-state index contributed by atoms with van der Waals surface area (Å²) in [6.07, 6.45) is 1.68. The second-order valence-electron chi connectivity index (χ2n) is 6.44. The van der Waals surface area contributed by atoms with Gasteiger partial charge in [-0.25, -0.2) is 4.98 Å². The molecule has 2 heterocycles. The predicted octanol–water partition coefficient (Wildman–Crippen LogP) is 5.30. The van der Waals surface area contributed by atoms with Crippen LogP contribution in [-0.2, 0) is 0 Å². The van der Waals surface area contributed by atoms with Crippen molar-refractivity contribution in [2.24, 2.45) is 0 Å². The molecular weight excluding hydrogens is 350 g/mol.